The molecule has 0 aromatic heterocycles. The van der Waals surface area contributed by atoms with E-state index in [1.54, 1.807) is 0 Å². The first kappa shape index (κ1) is 54.6. The van der Waals surface area contributed by atoms with E-state index in [2.05, 4.69) is 190 Å². The van der Waals surface area contributed by atoms with Crippen molar-refractivity contribution in [2.75, 3.05) is 0 Å². The van der Waals surface area contributed by atoms with Gasteiger partial charge >= 0.3 is 0 Å². The van der Waals surface area contributed by atoms with E-state index in [1.165, 1.54) is 44.9 Å². The molecular formula is C49H100I2. The molecule has 0 amide bonds. The van der Waals surface area contributed by atoms with Crippen LogP contribution in [-0.4, -0.2) is 0 Å². The summed E-state index contributed by atoms with van der Waals surface area (Å²) < 4.78 is 0. The maximum Gasteiger partial charge on any atom is 0 e. The zero-order valence-corrected chi connectivity index (χ0v) is 43.6. The summed E-state index contributed by atoms with van der Waals surface area (Å²) in [5.74, 6) is 18.7. The van der Waals surface area contributed by atoms with Crippen LogP contribution < -0.4 is 0 Å². The van der Waals surface area contributed by atoms with Gasteiger partial charge in [-0.15, -0.1) is 0 Å². The second kappa shape index (κ2) is 28.0. The Kier molecular flexibility index (Phi) is 29.9. The molecule has 4 aliphatic carbocycles. The van der Waals surface area contributed by atoms with Crippen molar-refractivity contribution in [3.63, 3.8) is 0 Å². The molecule has 0 N–H and O–H groups in total. The van der Waals surface area contributed by atoms with Gasteiger partial charge in [0.25, 0.3) is 0 Å². The van der Waals surface area contributed by atoms with E-state index >= 15 is 0 Å². The molecule has 4 rings (SSSR count). The van der Waals surface area contributed by atoms with Crippen LogP contribution in [0.15, 0.2) is 0 Å². The molecule has 51 heavy (non-hydrogen) atoms. The monoisotopic (exact) mass is 943 g/mol. The van der Waals surface area contributed by atoms with Crippen LogP contribution in [0.4, 0.5) is 0 Å². The highest BCUT2D eigenvalue weighted by Gasteiger charge is 2.47. The molecule has 8 atom stereocenters. The normalized spacial score (nSPS) is 45.4. The van der Waals surface area contributed by atoms with E-state index in [0.29, 0.717) is 0 Å². The summed E-state index contributed by atoms with van der Waals surface area (Å²) >= 11 is 4.24. The van der Waals surface area contributed by atoms with Crippen LogP contribution >= 0.6 is 37.2 Å². The number of hydrogen-bond acceptors (Lipinski definition) is 0. The van der Waals surface area contributed by atoms with Gasteiger partial charge in [-0.3, -0.25) is 0 Å². The Hall–Kier alpha value is 1.46. The summed E-state index contributed by atoms with van der Waals surface area (Å²) in [4.78, 5) is 0. The summed E-state index contributed by atoms with van der Waals surface area (Å²) in [6.07, 6.45) is 9.65. The van der Waals surface area contributed by atoms with Gasteiger partial charge in [-0.1, -0.05) is 191 Å². The van der Waals surface area contributed by atoms with Crippen molar-refractivity contribution >= 4 is 37.2 Å². The van der Waals surface area contributed by atoms with Gasteiger partial charge in [0.1, 0.15) is 0 Å². The average Bonchev–Trinajstić information content (AvgIpc) is 3.58. The van der Waals surface area contributed by atoms with E-state index in [9.17, 15) is 0 Å². The molecular weight excluding hydrogens is 842 g/mol. The zero-order chi connectivity index (χ0) is 40.5. The first-order valence-electron chi connectivity index (χ1n) is 22.8. The lowest BCUT2D eigenvalue weighted by Gasteiger charge is -2.30. The molecule has 0 saturated heterocycles. The topological polar surface area (TPSA) is 0 Å². The Morgan fingerprint density at radius 3 is 0.451 bits per heavy atom. The second-order valence-electron chi connectivity index (χ2n) is 19.7. The molecule has 0 spiro atoms. The van der Waals surface area contributed by atoms with Crippen molar-refractivity contribution in [3.8, 4) is 0 Å². The third-order valence-electron chi connectivity index (χ3n) is 17.9. The van der Waals surface area contributed by atoms with E-state index in [-0.39, 0.29) is 0 Å². The van der Waals surface area contributed by atoms with E-state index in [4.69, 9.17) is 0 Å². The number of rotatable bonds is 6. The van der Waals surface area contributed by atoms with Crippen LogP contribution in [0.2, 0.25) is 0 Å². The molecule has 0 radical (unpaired) electrons. The van der Waals surface area contributed by atoms with Gasteiger partial charge in [-0.05, 0) is 125 Å². The van der Waals surface area contributed by atoms with Gasteiger partial charge in [0.05, 0.1) is 0 Å². The lowest BCUT2D eigenvalue weighted by atomic mass is 9.76. The first-order valence-corrected chi connectivity index (χ1v) is 29.1. The predicted octanol–water partition coefficient (Wildman–Crippen LogP) is 18.3. The van der Waals surface area contributed by atoms with Gasteiger partial charge in [0.15, 0.2) is 0 Å². The Morgan fingerprint density at radius 1 is 0.235 bits per heavy atom. The van der Waals surface area contributed by atoms with E-state index < -0.39 is 0 Å². The molecule has 8 unspecified atom stereocenters. The fourth-order valence-electron chi connectivity index (χ4n) is 11.1. The fourth-order valence-corrected chi connectivity index (χ4v) is 11.1. The van der Waals surface area contributed by atoms with Crippen LogP contribution in [0.5, 0.6) is 0 Å². The minimum atomic E-state index is 0.918. The zero-order valence-electron chi connectivity index (χ0n) is 39.3. The Bertz CT molecular complexity index is 637. The summed E-state index contributed by atoms with van der Waals surface area (Å²) in [5, 5.41) is 0. The largest absolute Gasteiger partial charge is 0.0654 e. The number of halogens is 2. The molecule has 0 aromatic carbocycles. The van der Waals surface area contributed by atoms with Crippen LogP contribution in [0.3, 0.4) is 0 Å². The molecule has 2 heteroatoms. The Labute approximate surface area is 350 Å². The molecule has 0 nitrogen and oxygen atoms in total. The summed E-state index contributed by atoms with van der Waals surface area (Å²) in [6, 6.07) is 0. The standard InChI is InChI=1S/C19H36.2C10H20.2C5H12.I2/c1-10-11(2)15(6)18(14(10)5)9-19-16(7)12(3)13(4)17(19)8;2*1-6-7(2)9(4)10(5)8(6)3;2*1-3-5-4-2;1-2/h10-19H,9H2,1-8H3;2*6-10H,1-5H3;2*3-5H2,1-2H3;. The molecule has 310 valence electrons. The lowest BCUT2D eigenvalue weighted by Crippen LogP contribution is -2.22. The van der Waals surface area contributed by atoms with Gasteiger partial charge < -0.3 is 0 Å². The van der Waals surface area contributed by atoms with Crippen molar-refractivity contribution in [1.29, 1.82) is 0 Å². The van der Waals surface area contributed by atoms with Crippen molar-refractivity contribution in [2.45, 2.75) is 197 Å². The predicted molar refractivity (Wildman–Crippen MR) is 255 cm³/mol. The van der Waals surface area contributed by atoms with Gasteiger partial charge in [-0.25, -0.2) is 0 Å². The molecule has 0 heterocycles. The summed E-state index contributed by atoms with van der Waals surface area (Å²) in [7, 11) is 0. The number of unbranched alkanes of at least 4 members (excludes halogenated alkanes) is 4. The van der Waals surface area contributed by atoms with Crippen molar-refractivity contribution in [2.24, 2.45) is 118 Å². The van der Waals surface area contributed by atoms with Gasteiger partial charge in [-0.2, -0.15) is 0 Å². The third kappa shape index (κ3) is 15.7. The minimum Gasteiger partial charge on any atom is -0.0654 e. The van der Waals surface area contributed by atoms with Crippen LogP contribution in [0, 0.1) is 118 Å². The molecule has 0 aromatic rings. The molecule has 0 bridgehead atoms. The number of hydrogen-bond donors (Lipinski definition) is 0. The summed E-state index contributed by atoms with van der Waals surface area (Å²) in [6.45, 7) is 52.8. The van der Waals surface area contributed by atoms with Crippen LogP contribution in [0.1, 0.15) is 197 Å². The third-order valence-corrected chi connectivity index (χ3v) is 17.9. The average molecular weight is 943 g/mol. The molecule has 4 aliphatic rings. The highest BCUT2D eigenvalue weighted by atomic mass is 128. The quantitative estimate of drug-likeness (QED) is 0.233. The van der Waals surface area contributed by atoms with Gasteiger partial charge in [0.2, 0.25) is 0 Å². The fraction of sp³-hybridized carbons (Fsp3) is 1.00. The molecule has 4 fully saturated rings. The van der Waals surface area contributed by atoms with E-state index in [0.717, 1.165) is 118 Å². The van der Waals surface area contributed by atoms with Crippen LogP contribution in [0.25, 0.3) is 0 Å². The summed E-state index contributed by atoms with van der Waals surface area (Å²) in [5.41, 5.74) is 0. The smallest absolute Gasteiger partial charge is 0 e. The Balaban J connectivity index is 0. The minimum absolute atomic E-state index is 0.918. The maximum atomic E-state index is 2.52. The van der Waals surface area contributed by atoms with Crippen molar-refractivity contribution < 1.29 is 0 Å². The molecule has 4 saturated carbocycles. The Morgan fingerprint density at radius 2 is 0.353 bits per heavy atom. The maximum absolute atomic E-state index is 2.52. The van der Waals surface area contributed by atoms with E-state index in [1.807, 2.05) is 0 Å². The SMILES string of the molecule is CC1C(C)C(C)C(C)C1C.CC1C(C)C(C)C(C)C1C.CC1C(C)C(C)C(CC2C(C)C(C)C(C)C2C)C1C.CCCCC.CCCCC.II. The van der Waals surface area contributed by atoms with Gasteiger partial charge in [0, 0.05) is 37.2 Å². The van der Waals surface area contributed by atoms with Crippen molar-refractivity contribution in [3.05, 3.63) is 0 Å². The second-order valence-corrected chi connectivity index (χ2v) is 19.7. The first-order chi connectivity index (χ1) is 23.7. The lowest BCUT2D eigenvalue weighted by molar-refractivity contribution is 0.193. The van der Waals surface area contributed by atoms with Crippen LogP contribution in [-0.2, 0) is 0 Å². The molecule has 0 aliphatic heterocycles. The highest BCUT2D eigenvalue weighted by Crippen LogP contribution is 2.54. The van der Waals surface area contributed by atoms with Crippen molar-refractivity contribution in [1.82, 2.24) is 0 Å². The highest BCUT2D eigenvalue weighted by molar-refractivity contribution is 15.0.